The second-order valence-electron chi connectivity index (χ2n) is 4.24. The molecule has 1 unspecified atom stereocenters. The van der Waals surface area contributed by atoms with Gasteiger partial charge in [0.2, 0.25) is 0 Å². The molecule has 1 aromatic heterocycles. The number of aliphatic hydroxyl groups excluding tert-OH is 1. The molecule has 5 nitrogen and oxygen atoms in total. The van der Waals surface area contributed by atoms with Gasteiger partial charge in [-0.15, -0.1) is 0 Å². The molecular formula is C13H23N3O2. The van der Waals surface area contributed by atoms with Crippen LogP contribution in [0.4, 0.5) is 5.82 Å². The molecule has 0 aliphatic rings. The maximum Gasteiger partial charge on any atom is 0.132 e. The molecule has 2 N–H and O–H groups in total. The summed E-state index contributed by atoms with van der Waals surface area (Å²) in [5.41, 5.74) is 1.09. The minimum absolute atomic E-state index is 0.344. The quantitative estimate of drug-likeness (QED) is 0.735. The van der Waals surface area contributed by atoms with Gasteiger partial charge in [-0.3, -0.25) is 0 Å². The third-order valence-corrected chi connectivity index (χ3v) is 2.52. The lowest BCUT2D eigenvalue weighted by atomic mass is 10.2. The summed E-state index contributed by atoms with van der Waals surface area (Å²) in [5.74, 6) is 1.55. The van der Waals surface area contributed by atoms with Crippen molar-refractivity contribution in [2.75, 3.05) is 25.1 Å². The highest BCUT2D eigenvalue weighted by molar-refractivity contribution is 5.43. The van der Waals surface area contributed by atoms with Crippen LogP contribution in [0, 0.1) is 6.92 Å². The molecule has 18 heavy (non-hydrogen) atoms. The maximum atomic E-state index is 9.70. The van der Waals surface area contributed by atoms with E-state index in [9.17, 15) is 5.11 Å². The lowest BCUT2D eigenvalue weighted by Gasteiger charge is -2.14. The van der Waals surface area contributed by atoms with Crippen LogP contribution in [0.1, 0.15) is 31.7 Å². The van der Waals surface area contributed by atoms with Crippen molar-refractivity contribution in [3.63, 3.8) is 0 Å². The molecule has 1 atom stereocenters. The van der Waals surface area contributed by atoms with Crippen LogP contribution in [0.25, 0.3) is 0 Å². The van der Waals surface area contributed by atoms with Gasteiger partial charge in [0.1, 0.15) is 11.6 Å². The Bertz CT molecular complexity index is 358. The van der Waals surface area contributed by atoms with Gasteiger partial charge in [-0.2, -0.15) is 0 Å². The summed E-state index contributed by atoms with van der Waals surface area (Å²) >= 11 is 0. The van der Waals surface area contributed by atoms with Gasteiger partial charge in [0, 0.05) is 24.9 Å². The zero-order chi connectivity index (χ0) is 13.4. The Balaban J connectivity index is 2.56. The second-order valence-corrected chi connectivity index (χ2v) is 4.24. The summed E-state index contributed by atoms with van der Waals surface area (Å²) in [5, 5.41) is 12.9. The van der Waals surface area contributed by atoms with Gasteiger partial charge in [-0.1, -0.05) is 13.3 Å². The Morgan fingerprint density at radius 2 is 2.22 bits per heavy atom. The highest BCUT2D eigenvalue weighted by Gasteiger charge is 2.08. The van der Waals surface area contributed by atoms with Gasteiger partial charge in [0.25, 0.3) is 0 Å². The Labute approximate surface area is 109 Å². The van der Waals surface area contributed by atoms with Gasteiger partial charge >= 0.3 is 0 Å². The molecule has 0 bridgehead atoms. The van der Waals surface area contributed by atoms with Crippen LogP contribution in [-0.4, -0.2) is 40.9 Å². The molecule has 1 rings (SSSR count). The van der Waals surface area contributed by atoms with E-state index in [1.807, 2.05) is 20.0 Å². The molecule has 0 aliphatic heterocycles. The molecule has 0 radical (unpaired) electrons. The van der Waals surface area contributed by atoms with Crippen molar-refractivity contribution in [2.24, 2.45) is 0 Å². The van der Waals surface area contributed by atoms with E-state index >= 15 is 0 Å². The van der Waals surface area contributed by atoms with Crippen molar-refractivity contribution in [2.45, 2.75) is 39.7 Å². The third kappa shape index (κ3) is 4.98. The monoisotopic (exact) mass is 253 g/mol. The molecule has 0 saturated heterocycles. The molecule has 1 aromatic rings. The lowest BCUT2D eigenvalue weighted by molar-refractivity contribution is 0.0495. The number of nitrogens with one attached hydrogen (secondary N) is 1. The van der Waals surface area contributed by atoms with Crippen LogP contribution in [0.2, 0.25) is 0 Å². The molecule has 5 heteroatoms. The topological polar surface area (TPSA) is 67.3 Å². The number of aromatic nitrogens is 2. The van der Waals surface area contributed by atoms with Crippen molar-refractivity contribution in [3.8, 4) is 0 Å². The molecule has 1 heterocycles. The van der Waals surface area contributed by atoms with Crippen molar-refractivity contribution in [1.82, 2.24) is 9.97 Å². The largest absolute Gasteiger partial charge is 0.389 e. The van der Waals surface area contributed by atoms with E-state index in [-0.39, 0.29) is 0 Å². The summed E-state index contributed by atoms with van der Waals surface area (Å²) in [6.45, 7) is 7.28. The third-order valence-electron chi connectivity index (χ3n) is 2.52. The fourth-order valence-electron chi connectivity index (χ4n) is 1.63. The normalized spacial score (nSPS) is 12.4. The summed E-state index contributed by atoms with van der Waals surface area (Å²) < 4.78 is 5.16. The Morgan fingerprint density at radius 3 is 2.89 bits per heavy atom. The van der Waals surface area contributed by atoms with Crippen molar-refractivity contribution < 1.29 is 9.84 Å². The van der Waals surface area contributed by atoms with Crippen LogP contribution in [-0.2, 0) is 11.2 Å². The van der Waals surface area contributed by atoms with Crippen LogP contribution in [0.15, 0.2) is 6.20 Å². The summed E-state index contributed by atoms with van der Waals surface area (Å²) in [6.07, 6.45) is 3.31. The number of rotatable bonds is 8. The van der Waals surface area contributed by atoms with Gasteiger partial charge in [-0.25, -0.2) is 9.97 Å². The number of hydrogen-bond donors (Lipinski definition) is 2. The average Bonchev–Trinajstić information content (AvgIpc) is 2.36. The highest BCUT2D eigenvalue weighted by Crippen LogP contribution is 2.13. The first-order chi connectivity index (χ1) is 8.67. The molecule has 0 saturated carbocycles. The Kier molecular flexibility index (Phi) is 6.60. The van der Waals surface area contributed by atoms with Crippen molar-refractivity contribution >= 4 is 5.82 Å². The van der Waals surface area contributed by atoms with Gasteiger partial charge in [0.15, 0.2) is 0 Å². The number of ether oxygens (including phenoxy) is 1. The summed E-state index contributed by atoms with van der Waals surface area (Å²) in [6, 6.07) is 0. The van der Waals surface area contributed by atoms with E-state index in [0.29, 0.717) is 19.8 Å². The van der Waals surface area contributed by atoms with Gasteiger partial charge in [-0.05, 0) is 20.3 Å². The van der Waals surface area contributed by atoms with Crippen LogP contribution >= 0.6 is 0 Å². The fourth-order valence-corrected chi connectivity index (χ4v) is 1.63. The number of aryl methyl sites for hydroxylation is 2. The fraction of sp³-hybridized carbons (Fsp3) is 0.692. The number of aliphatic hydroxyl groups is 1. The van der Waals surface area contributed by atoms with E-state index in [2.05, 4.69) is 22.2 Å². The average molecular weight is 253 g/mol. The minimum atomic E-state index is -0.519. The minimum Gasteiger partial charge on any atom is -0.389 e. The zero-order valence-electron chi connectivity index (χ0n) is 11.4. The molecule has 0 fully saturated rings. The first-order valence-corrected chi connectivity index (χ1v) is 6.49. The molecule has 0 aromatic carbocycles. The molecule has 0 spiro atoms. The van der Waals surface area contributed by atoms with E-state index in [1.54, 1.807) is 0 Å². The molecule has 0 aliphatic carbocycles. The van der Waals surface area contributed by atoms with Crippen LogP contribution in [0.3, 0.4) is 0 Å². The Morgan fingerprint density at radius 1 is 1.44 bits per heavy atom. The molecule has 0 amide bonds. The first kappa shape index (κ1) is 14.9. The standard InChI is InChI=1S/C13H23N3O2/c1-4-6-11-7-14-10(3)16-13(11)15-8-12(17)9-18-5-2/h7,12,17H,4-6,8-9H2,1-3H3,(H,14,15,16). The van der Waals surface area contributed by atoms with E-state index in [1.165, 1.54) is 0 Å². The molecule has 102 valence electrons. The first-order valence-electron chi connectivity index (χ1n) is 6.49. The number of anilines is 1. The van der Waals surface area contributed by atoms with E-state index < -0.39 is 6.10 Å². The lowest BCUT2D eigenvalue weighted by Crippen LogP contribution is -2.25. The Hall–Kier alpha value is -1.20. The van der Waals surface area contributed by atoms with Crippen molar-refractivity contribution in [3.05, 3.63) is 17.6 Å². The predicted octanol–water partition coefficient (Wildman–Crippen LogP) is 1.55. The van der Waals surface area contributed by atoms with Gasteiger partial charge in [0.05, 0.1) is 12.7 Å². The molecular weight excluding hydrogens is 230 g/mol. The number of nitrogens with zero attached hydrogens (tertiary/aromatic N) is 2. The number of hydrogen-bond acceptors (Lipinski definition) is 5. The summed E-state index contributed by atoms with van der Waals surface area (Å²) in [4.78, 5) is 8.57. The van der Waals surface area contributed by atoms with E-state index in [4.69, 9.17) is 4.74 Å². The second kappa shape index (κ2) is 8.00. The zero-order valence-corrected chi connectivity index (χ0v) is 11.4. The summed E-state index contributed by atoms with van der Waals surface area (Å²) in [7, 11) is 0. The van der Waals surface area contributed by atoms with Crippen molar-refractivity contribution in [1.29, 1.82) is 0 Å². The smallest absolute Gasteiger partial charge is 0.132 e. The predicted molar refractivity (Wildman–Crippen MR) is 71.8 cm³/mol. The van der Waals surface area contributed by atoms with Gasteiger partial charge < -0.3 is 15.2 Å². The SMILES string of the molecule is CCCc1cnc(C)nc1NCC(O)COCC. The highest BCUT2D eigenvalue weighted by atomic mass is 16.5. The van der Waals surface area contributed by atoms with Crippen LogP contribution in [0.5, 0.6) is 0 Å². The van der Waals surface area contributed by atoms with E-state index in [0.717, 1.165) is 30.0 Å². The van der Waals surface area contributed by atoms with Crippen LogP contribution < -0.4 is 5.32 Å². The maximum absolute atomic E-state index is 9.70.